The summed E-state index contributed by atoms with van der Waals surface area (Å²) in [4.78, 5) is 2.33. The van der Waals surface area contributed by atoms with Crippen molar-refractivity contribution in [3.8, 4) is 11.5 Å². The van der Waals surface area contributed by atoms with Gasteiger partial charge < -0.3 is 19.3 Å². The molecule has 5 nitrogen and oxygen atoms in total. The lowest BCUT2D eigenvalue weighted by molar-refractivity contribution is -0.0537. The fourth-order valence-corrected chi connectivity index (χ4v) is 3.33. The van der Waals surface area contributed by atoms with Crippen LogP contribution in [0, 0.1) is 5.82 Å². The summed E-state index contributed by atoms with van der Waals surface area (Å²) in [7, 11) is 0. The van der Waals surface area contributed by atoms with Crippen molar-refractivity contribution in [1.29, 1.82) is 0 Å². The summed E-state index contributed by atoms with van der Waals surface area (Å²) >= 11 is 0. The van der Waals surface area contributed by atoms with Crippen molar-refractivity contribution in [2.75, 3.05) is 39.5 Å². The second-order valence-corrected chi connectivity index (χ2v) is 7.43. The van der Waals surface area contributed by atoms with Crippen molar-refractivity contribution >= 4 is 0 Å². The summed E-state index contributed by atoms with van der Waals surface area (Å²) < 4.78 is 29.5. The van der Waals surface area contributed by atoms with Gasteiger partial charge in [-0.3, -0.25) is 4.90 Å². The molecule has 29 heavy (non-hydrogen) atoms. The number of piperidine rings is 1. The molecule has 1 aliphatic heterocycles. The Kier molecular flexibility index (Phi) is 7.86. The number of likely N-dealkylation sites (tertiary alicyclic amines) is 1. The first kappa shape index (κ1) is 21.6. The number of aliphatic hydroxyl groups is 1. The van der Waals surface area contributed by atoms with E-state index in [-0.39, 0.29) is 12.4 Å². The summed E-state index contributed by atoms with van der Waals surface area (Å²) in [6.07, 6.45) is 1.29. The van der Waals surface area contributed by atoms with Gasteiger partial charge in [-0.1, -0.05) is 12.1 Å². The summed E-state index contributed by atoms with van der Waals surface area (Å²) in [5.41, 5.74) is 0.374. The van der Waals surface area contributed by atoms with E-state index in [9.17, 15) is 9.50 Å². The number of ether oxygens (including phenoxy) is 3. The first-order chi connectivity index (χ1) is 14.1. The lowest BCUT2D eigenvalue weighted by atomic mass is 9.92. The van der Waals surface area contributed by atoms with Gasteiger partial charge in [0.25, 0.3) is 0 Å². The molecule has 1 aliphatic rings. The average Bonchev–Trinajstić information content (AvgIpc) is 2.74. The van der Waals surface area contributed by atoms with Crippen LogP contribution in [0.4, 0.5) is 4.39 Å². The average molecular weight is 403 g/mol. The predicted molar refractivity (Wildman–Crippen MR) is 110 cm³/mol. The summed E-state index contributed by atoms with van der Waals surface area (Å²) in [6, 6.07) is 14.0. The number of hydrogen-bond acceptors (Lipinski definition) is 5. The van der Waals surface area contributed by atoms with Crippen molar-refractivity contribution in [3.63, 3.8) is 0 Å². The van der Waals surface area contributed by atoms with Crippen LogP contribution in [0.2, 0.25) is 0 Å². The molecule has 1 fully saturated rings. The highest BCUT2D eigenvalue weighted by molar-refractivity contribution is 5.27. The second-order valence-electron chi connectivity index (χ2n) is 7.43. The Bertz CT molecular complexity index is 728. The van der Waals surface area contributed by atoms with Crippen molar-refractivity contribution < 1.29 is 23.7 Å². The maximum atomic E-state index is 13.0. The van der Waals surface area contributed by atoms with E-state index in [2.05, 4.69) is 17.0 Å². The summed E-state index contributed by atoms with van der Waals surface area (Å²) in [6.45, 7) is 6.48. The molecule has 0 bridgehead atoms. The van der Waals surface area contributed by atoms with Gasteiger partial charge in [-0.2, -0.15) is 0 Å². The zero-order chi connectivity index (χ0) is 20.5. The van der Waals surface area contributed by atoms with E-state index in [1.807, 2.05) is 19.1 Å². The third-order valence-electron chi connectivity index (χ3n) is 5.14. The quantitative estimate of drug-likeness (QED) is 0.614. The molecule has 6 heteroatoms. The minimum atomic E-state index is -0.844. The Labute approximate surface area is 172 Å². The van der Waals surface area contributed by atoms with E-state index in [1.165, 1.54) is 17.7 Å². The Morgan fingerprint density at radius 2 is 1.55 bits per heavy atom. The van der Waals surface area contributed by atoms with Crippen LogP contribution in [0.3, 0.4) is 0 Å². The van der Waals surface area contributed by atoms with Crippen molar-refractivity contribution in [2.24, 2.45) is 0 Å². The molecular formula is C23H30FNO4. The zero-order valence-corrected chi connectivity index (χ0v) is 17.0. The molecule has 3 rings (SSSR count). The third-order valence-corrected chi connectivity index (χ3v) is 5.14. The SMILES string of the molecule is CCOCCOc1ccc(CN2CCC(O)(COc3ccc(F)cc3)CC2)cc1. The van der Waals surface area contributed by atoms with E-state index >= 15 is 0 Å². The highest BCUT2D eigenvalue weighted by Gasteiger charge is 2.33. The van der Waals surface area contributed by atoms with Gasteiger partial charge in [0.15, 0.2) is 0 Å². The molecule has 2 aromatic carbocycles. The van der Waals surface area contributed by atoms with Gasteiger partial charge in [-0.05, 0) is 61.7 Å². The Balaban J connectivity index is 1.40. The predicted octanol–water partition coefficient (Wildman–Crippen LogP) is 3.65. The van der Waals surface area contributed by atoms with Crippen molar-refractivity contribution in [1.82, 2.24) is 4.90 Å². The summed E-state index contributed by atoms with van der Waals surface area (Å²) in [5.74, 6) is 1.12. The lowest BCUT2D eigenvalue weighted by Crippen LogP contribution is -2.47. The van der Waals surface area contributed by atoms with Gasteiger partial charge in [0.05, 0.1) is 6.61 Å². The topological polar surface area (TPSA) is 51.2 Å². The molecule has 158 valence electrons. The number of benzene rings is 2. The Hall–Kier alpha value is -2.15. The van der Waals surface area contributed by atoms with E-state index in [0.29, 0.717) is 38.4 Å². The van der Waals surface area contributed by atoms with Crippen LogP contribution in [-0.2, 0) is 11.3 Å². The van der Waals surface area contributed by atoms with Crippen LogP contribution >= 0.6 is 0 Å². The minimum Gasteiger partial charge on any atom is -0.491 e. The fourth-order valence-electron chi connectivity index (χ4n) is 3.33. The monoisotopic (exact) mass is 403 g/mol. The molecule has 0 saturated carbocycles. The summed E-state index contributed by atoms with van der Waals surface area (Å²) in [5, 5.41) is 10.8. The standard InChI is InChI=1S/C23H30FNO4/c1-2-27-15-16-28-21-7-3-19(4-8-21)17-25-13-11-23(26,12-14-25)18-29-22-9-5-20(24)6-10-22/h3-10,26H,2,11-18H2,1H3. The molecular weight excluding hydrogens is 373 g/mol. The van der Waals surface area contributed by atoms with Crippen LogP contribution in [0.25, 0.3) is 0 Å². The van der Waals surface area contributed by atoms with Crippen LogP contribution < -0.4 is 9.47 Å². The highest BCUT2D eigenvalue weighted by atomic mass is 19.1. The van der Waals surface area contributed by atoms with Gasteiger partial charge in [0.1, 0.15) is 36.1 Å². The molecule has 1 saturated heterocycles. The van der Waals surface area contributed by atoms with Crippen LogP contribution in [0.5, 0.6) is 11.5 Å². The largest absolute Gasteiger partial charge is 0.491 e. The van der Waals surface area contributed by atoms with Gasteiger partial charge >= 0.3 is 0 Å². The molecule has 2 aromatic rings. The van der Waals surface area contributed by atoms with Crippen LogP contribution in [0.15, 0.2) is 48.5 Å². The Morgan fingerprint density at radius 1 is 0.931 bits per heavy atom. The van der Waals surface area contributed by atoms with Gasteiger partial charge in [-0.25, -0.2) is 4.39 Å². The molecule has 1 N–H and O–H groups in total. The number of hydrogen-bond donors (Lipinski definition) is 1. The fraction of sp³-hybridized carbons (Fsp3) is 0.478. The van der Waals surface area contributed by atoms with Gasteiger partial charge in [-0.15, -0.1) is 0 Å². The third kappa shape index (κ3) is 6.99. The normalized spacial score (nSPS) is 16.5. The van der Waals surface area contributed by atoms with Crippen molar-refractivity contribution in [3.05, 3.63) is 59.9 Å². The van der Waals surface area contributed by atoms with E-state index in [4.69, 9.17) is 14.2 Å². The molecule has 0 amide bonds. The first-order valence-electron chi connectivity index (χ1n) is 10.2. The molecule has 0 atom stereocenters. The van der Waals surface area contributed by atoms with Crippen LogP contribution in [0.1, 0.15) is 25.3 Å². The molecule has 0 aliphatic carbocycles. The number of nitrogens with zero attached hydrogens (tertiary/aromatic N) is 1. The van der Waals surface area contributed by atoms with E-state index in [1.54, 1.807) is 12.1 Å². The Morgan fingerprint density at radius 3 is 2.21 bits per heavy atom. The molecule has 0 spiro atoms. The maximum Gasteiger partial charge on any atom is 0.123 e. The molecule has 1 heterocycles. The second kappa shape index (κ2) is 10.6. The van der Waals surface area contributed by atoms with Gasteiger partial charge in [0, 0.05) is 26.2 Å². The minimum absolute atomic E-state index is 0.222. The zero-order valence-electron chi connectivity index (χ0n) is 17.0. The molecule has 0 radical (unpaired) electrons. The van der Waals surface area contributed by atoms with E-state index in [0.717, 1.165) is 25.4 Å². The number of rotatable bonds is 10. The van der Waals surface area contributed by atoms with Crippen molar-refractivity contribution in [2.45, 2.75) is 31.9 Å². The van der Waals surface area contributed by atoms with Crippen LogP contribution in [-0.4, -0.2) is 55.1 Å². The highest BCUT2D eigenvalue weighted by Crippen LogP contribution is 2.25. The molecule has 0 unspecified atom stereocenters. The van der Waals surface area contributed by atoms with E-state index < -0.39 is 5.60 Å². The lowest BCUT2D eigenvalue weighted by Gasteiger charge is -2.38. The molecule has 0 aromatic heterocycles. The smallest absolute Gasteiger partial charge is 0.123 e. The maximum absolute atomic E-state index is 13.0. The number of halogens is 1. The first-order valence-corrected chi connectivity index (χ1v) is 10.2. The van der Waals surface area contributed by atoms with Gasteiger partial charge in [0.2, 0.25) is 0 Å².